The van der Waals surface area contributed by atoms with Crippen molar-refractivity contribution in [3.8, 4) is 5.75 Å². The molecule has 1 saturated heterocycles. The van der Waals surface area contributed by atoms with Crippen molar-refractivity contribution < 1.29 is 10.2 Å². The smallest absolute Gasteiger partial charge is 0.204 e. The van der Waals surface area contributed by atoms with Crippen LogP contribution in [0.2, 0.25) is 0 Å². The second kappa shape index (κ2) is 13.6. The van der Waals surface area contributed by atoms with Crippen LogP contribution >= 0.6 is 11.8 Å². The van der Waals surface area contributed by atoms with Crippen molar-refractivity contribution in [3.05, 3.63) is 76.6 Å². The Morgan fingerprint density at radius 3 is 2.51 bits per heavy atom. The number of aromatic hydroxyl groups is 1. The number of nitrogens with zero attached hydrogens (tertiary/aromatic N) is 5. The number of fused-ring (bicyclic) bond motifs is 1. The molecule has 0 saturated carbocycles. The van der Waals surface area contributed by atoms with Crippen LogP contribution in [0.25, 0.3) is 11.0 Å². The number of aliphatic hydroxyl groups excluding tert-OH is 1. The third-order valence-electron chi connectivity index (χ3n) is 7.56. The van der Waals surface area contributed by atoms with Gasteiger partial charge in [0.15, 0.2) is 0 Å². The highest BCUT2D eigenvalue weighted by atomic mass is 32.2. The molecule has 2 aromatic carbocycles. The van der Waals surface area contributed by atoms with E-state index in [4.69, 9.17) is 4.98 Å². The van der Waals surface area contributed by atoms with Gasteiger partial charge in [-0.05, 0) is 86.8 Å². The second-order valence-corrected chi connectivity index (χ2v) is 12.2. The van der Waals surface area contributed by atoms with E-state index in [0.29, 0.717) is 25.3 Å². The summed E-state index contributed by atoms with van der Waals surface area (Å²) in [5.74, 6) is 3.41. The Morgan fingerprint density at radius 1 is 0.976 bits per heavy atom. The van der Waals surface area contributed by atoms with Crippen molar-refractivity contribution >= 4 is 34.4 Å². The predicted molar refractivity (Wildman–Crippen MR) is 170 cm³/mol. The van der Waals surface area contributed by atoms with Crippen LogP contribution in [0, 0.1) is 20.8 Å². The zero-order valence-electron chi connectivity index (χ0n) is 24.4. The molecular weight excluding hydrogens is 532 g/mol. The fourth-order valence-electron chi connectivity index (χ4n) is 5.53. The number of nitrogens with one attached hydrogen (secondary N) is 1. The first-order valence-electron chi connectivity index (χ1n) is 14.5. The summed E-state index contributed by atoms with van der Waals surface area (Å²) >= 11 is 2.04. The van der Waals surface area contributed by atoms with Crippen molar-refractivity contribution in [2.45, 2.75) is 40.3 Å². The summed E-state index contributed by atoms with van der Waals surface area (Å²) in [4.78, 5) is 14.3. The van der Waals surface area contributed by atoms with E-state index >= 15 is 0 Å². The molecule has 9 heteroatoms. The first kappa shape index (κ1) is 29.2. The van der Waals surface area contributed by atoms with Crippen LogP contribution < -0.4 is 10.2 Å². The van der Waals surface area contributed by atoms with Gasteiger partial charge in [-0.3, -0.25) is 4.98 Å². The summed E-state index contributed by atoms with van der Waals surface area (Å²) < 4.78 is 2.13. The standard InChI is InChI=1S/C32H42N6O2S/c1-23-17-24(2)19-27(18-23)37(11-14-39)21-26-6-7-28-30(20-26)38(22-29-31(40)8-5-25(3)34-29)32(35-28)33-9-4-10-36-12-15-41-16-13-36/h5-8,17-20,39-40H,4,9-16,21-22H2,1-3H3,(H,33,35). The van der Waals surface area contributed by atoms with E-state index < -0.39 is 0 Å². The fraction of sp³-hybridized carbons (Fsp3) is 0.438. The number of aromatic nitrogens is 3. The highest BCUT2D eigenvalue weighted by Gasteiger charge is 2.17. The molecule has 0 spiro atoms. The first-order valence-corrected chi connectivity index (χ1v) is 15.7. The van der Waals surface area contributed by atoms with Gasteiger partial charge in [0.05, 0.1) is 24.2 Å². The molecule has 5 rings (SSSR count). The molecule has 4 aromatic rings. The minimum absolute atomic E-state index is 0.0792. The lowest BCUT2D eigenvalue weighted by atomic mass is 10.1. The number of imidazole rings is 1. The van der Waals surface area contributed by atoms with Gasteiger partial charge in [0.2, 0.25) is 5.95 Å². The van der Waals surface area contributed by atoms with Crippen LogP contribution in [0.4, 0.5) is 11.6 Å². The van der Waals surface area contributed by atoms with E-state index in [1.807, 2.05) is 24.8 Å². The lowest BCUT2D eigenvalue weighted by molar-refractivity contribution is 0.301. The predicted octanol–water partition coefficient (Wildman–Crippen LogP) is 4.96. The number of benzene rings is 2. The molecule has 3 heterocycles. The van der Waals surface area contributed by atoms with Crippen molar-refractivity contribution in [2.75, 3.05) is 61.1 Å². The zero-order valence-corrected chi connectivity index (χ0v) is 25.3. The van der Waals surface area contributed by atoms with E-state index in [9.17, 15) is 10.2 Å². The van der Waals surface area contributed by atoms with E-state index in [1.165, 1.54) is 35.7 Å². The van der Waals surface area contributed by atoms with Gasteiger partial charge in [0.1, 0.15) is 11.4 Å². The molecule has 1 aliphatic heterocycles. The first-order chi connectivity index (χ1) is 19.9. The summed E-state index contributed by atoms with van der Waals surface area (Å²) in [7, 11) is 0. The lowest BCUT2D eigenvalue weighted by Gasteiger charge is -2.26. The van der Waals surface area contributed by atoms with Gasteiger partial charge in [-0.2, -0.15) is 11.8 Å². The molecule has 0 aliphatic carbocycles. The van der Waals surface area contributed by atoms with Crippen LogP contribution in [0.5, 0.6) is 5.75 Å². The summed E-state index contributed by atoms with van der Waals surface area (Å²) in [6.45, 7) is 12.1. The Morgan fingerprint density at radius 2 is 1.76 bits per heavy atom. The van der Waals surface area contributed by atoms with Crippen LogP contribution in [0.3, 0.4) is 0 Å². The molecule has 0 unspecified atom stereocenters. The Hall–Kier alpha value is -3.27. The highest BCUT2D eigenvalue weighted by Crippen LogP contribution is 2.27. The summed E-state index contributed by atoms with van der Waals surface area (Å²) in [5, 5.41) is 24.0. The quantitative estimate of drug-likeness (QED) is 0.205. The minimum Gasteiger partial charge on any atom is -0.506 e. The van der Waals surface area contributed by atoms with Crippen LogP contribution in [0.1, 0.15) is 34.5 Å². The minimum atomic E-state index is 0.0792. The zero-order chi connectivity index (χ0) is 28.8. The summed E-state index contributed by atoms with van der Waals surface area (Å²) in [5.41, 5.74) is 8.03. The average molecular weight is 575 g/mol. The Labute approximate surface area is 247 Å². The van der Waals surface area contributed by atoms with Gasteiger partial charge in [-0.1, -0.05) is 12.1 Å². The number of hydrogen-bond acceptors (Lipinski definition) is 8. The maximum absolute atomic E-state index is 10.6. The Kier molecular flexibility index (Phi) is 9.69. The van der Waals surface area contributed by atoms with Gasteiger partial charge >= 0.3 is 0 Å². The fourth-order valence-corrected chi connectivity index (χ4v) is 6.51. The van der Waals surface area contributed by atoms with Gasteiger partial charge < -0.3 is 29.9 Å². The van der Waals surface area contributed by atoms with Crippen LogP contribution in [-0.4, -0.2) is 80.5 Å². The average Bonchev–Trinajstić information content (AvgIpc) is 3.29. The van der Waals surface area contributed by atoms with Crippen LogP contribution in [-0.2, 0) is 13.1 Å². The second-order valence-electron chi connectivity index (χ2n) is 11.0. The maximum Gasteiger partial charge on any atom is 0.204 e. The topological polar surface area (TPSA) is 89.7 Å². The summed E-state index contributed by atoms with van der Waals surface area (Å²) in [6, 6.07) is 16.4. The third kappa shape index (κ3) is 7.52. The number of thioether (sulfide) groups is 1. The van der Waals surface area contributed by atoms with Crippen molar-refractivity contribution in [2.24, 2.45) is 0 Å². The third-order valence-corrected chi connectivity index (χ3v) is 8.51. The summed E-state index contributed by atoms with van der Waals surface area (Å²) in [6.07, 6.45) is 1.04. The maximum atomic E-state index is 10.6. The van der Waals surface area contributed by atoms with Gasteiger partial charge in [0.25, 0.3) is 0 Å². The largest absolute Gasteiger partial charge is 0.506 e. The van der Waals surface area contributed by atoms with E-state index in [1.54, 1.807) is 6.07 Å². The molecule has 41 heavy (non-hydrogen) atoms. The monoisotopic (exact) mass is 574 g/mol. The van der Waals surface area contributed by atoms with Crippen LogP contribution in [0.15, 0.2) is 48.5 Å². The highest BCUT2D eigenvalue weighted by molar-refractivity contribution is 7.99. The number of aliphatic hydroxyl groups is 1. The van der Waals surface area contributed by atoms with Crippen molar-refractivity contribution in [1.29, 1.82) is 0 Å². The molecule has 8 nitrogen and oxygen atoms in total. The number of aryl methyl sites for hydroxylation is 3. The van der Waals surface area contributed by atoms with E-state index in [-0.39, 0.29) is 12.4 Å². The number of pyridine rings is 1. The number of anilines is 2. The van der Waals surface area contributed by atoms with Gasteiger partial charge in [0, 0.05) is 55.6 Å². The van der Waals surface area contributed by atoms with Gasteiger partial charge in [-0.15, -0.1) is 0 Å². The molecule has 218 valence electrons. The molecule has 3 N–H and O–H groups in total. The molecular formula is C32H42N6O2S. The number of rotatable bonds is 12. The Bertz CT molecular complexity index is 1450. The van der Waals surface area contributed by atoms with Crippen molar-refractivity contribution in [3.63, 3.8) is 0 Å². The lowest BCUT2D eigenvalue weighted by Crippen LogP contribution is -2.34. The molecule has 0 amide bonds. The normalized spacial score (nSPS) is 14.0. The van der Waals surface area contributed by atoms with Crippen molar-refractivity contribution in [1.82, 2.24) is 19.4 Å². The van der Waals surface area contributed by atoms with E-state index in [2.05, 4.69) is 74.9 Å². The molecule has 2 aromatic heterocycles. The molecule has 1 aliphatic rings. The molecule has 0 atom stereocenters. The molecule has 0 radical (unpaired) electrons. The van der Waals surface area contributed by atoms with Gasteiger partial charge in [-0.25, -0.2) is 4.98 Å². The SMILES string of the molecule is Cc1cc(C)cc(N(CCO)Cc2ccc3nc(NCCCN4CCSCC4)n(Cc4nc(C)ccc4O)c3c2)c1. The molecule has 0 bridgehead atoms. The van der Waals surface area contributed by atoms with E-state index in [0.717, 1.165) is 53.4 Å². The number of hydrogen-bond donors (Lipinski definition) is 3. The molecule has 1 fully saturated rings. The Balaban J connectivity index is 1.42.